The molecule has 0 unspecified atom stereocenters. The van der Waals surface area contributed by atoms with Gasteiger partial charge in [-0.2, -0.15) is 0 Å². The molecule has 11 aromatic carbocycles. The number of hydrogen-bond acceptors (Lipinski definition) is 25. The summed E-state index contributed by atoms with van der Waals surface area (Å²) in [5.41, 5.74) is 5.36. The van der Waals surface area contributed by atoms with E-state index in [0.717, 1.165) is 95.1 Å². The Morgan fingerprint density at radius 2 is 0.589 bits per heavy atom. The second-order valence-corrected chi connectivity index (χ2v) is 41.1. The van der Waals surface area contributed by atoms with Gasteiger partial charge in [-0.3, -0.25) is 4.79 Å². The third-order valence-corrected chi connectivity index (χ3v) is 30.8. The molecule has 15 rings (SSSR count). The topological polar surface area (TPSA) is 284 Å². The lowest BCUT2D eigenvalue weighted by Gasteiger charge is -2.48. The summed E-state index contributed by atoms with van der Waals surface area (Å²) in [6.45, 7) is 5.43. The third kappa shape index (κ3) is 29.3. The van der Waals surface area contributed by atoms with Crippen molar-refractivity contribution >= 4 is 42.6 Å². The molecule has 0 spiro atoms. The van der Waals surface area contributed by atoms with E-state index in [9.17, 15) is 29.4 Å². The number of unbranched alkanes of at least 4 members (excludes halogenated alkanes) is 8. The molecule has 4 aliphatic heterocycles. The first-order valence-electron chi connectivity index (χ1n) is 49.0. The van der Waals surface area contributed by atoms with Crippen LogP contribution in [0.25, 0.3) is 0 Å². The molecule has 0 bridgehead atoms. The Hall–Kier alpha value is -11.2. The van der Waals surface area contributed by atoms with Gasteiger partial charge in [0.15, 0.2) is 37.4 Å². The van der Waals surface area contributed by atoms with Crippen LogP contribution in [-0.4, -0.2) is 199 Å². The van der Waals surface area contributed by atoms with E-state index in [1.807, 2.05) is 218 Å². The van der Waals surface area contributed by atoms with E-state index in [0.29, 0.717) is 12.8 Å². The second kappa shape index (κ2) is 53.8. The van der Waals surface area contributed by atoms with Crippen LogP contribution in [0.15, 0.2) is 334 Å². The van der Waals surface area contributed by atoms with Crippen LogP contribution in [0.5, 0.6) is 0 Å². The lowest BCUT2D eigenvalue weighted by atomic mass is 9.96. The molecule has 0 saturated carbocycles. The molecule has 26 heteroatoms. The molecular weight excluding hydrogens is 1810 g/mol. The van der Waals surface area contributed by atoms with Crippen molar-refractivity contribution in [2.45, 2.75) is 246 Å². The molecule has 0 aromatic heterocycles. The molecule has 0 radical (unpaired) electrons. The molecule has 4 heterocycles. The quantitative estimate of drug-likeness (QED) is 0.0155. The lowest BCUT2D eigenvalue weighted by Crippen LogP contribution is -2.68. The second-order valence-electron chi connectivity index (χ2n) is 36.8. The summed E-state index contributed by atoms with van der Waals surface area (Å²) in [6.07, 6.45) is -17.6. The minimum Gasteiger partial charge on any atom is -0.469 e. The van der Waals surface area contributed by atoms with E-state index in [2.05, 4.69) is 45.0 Å². The smallest absolute Gasteiger partial charge is 0.338 e. The number of rotatable bonds is 51. The van der Waals surface area contributed by atoms with Gasteiger partial charge in [0.1, 0.15) is 86.0 Å². The SMILES string of the molecule is COC(=O)CCCCCCCCCCCO[C@@H]1O[C@H](CO[C@@H]2O[C@H](CO[C@@H]3O[C@H](CO[Si](c4ccccc4)(c4ccccc4)C(C)(C)C)[C@H](OCc4ccccc4)[C@H](OCc4ccccc4)[C@H]3O)[C@H](OCc3ccccc3)[C@H](OCc3ccccc3)[C@H]2O)[C@H](OCc2ccccc2)[C@H](OCc2ccccc2)[C@H]1O[C@@H]1O[C@@H](COC(=O)c2ccccc2)[C@H](OC(=O)c2ccccc2)[C@H]1OC(=O)c1ccccc1. The Labute approximate surface area is 827 Å². The average Bonchev–Trinajstić information content (AvgIpc) is 1.27. The van der Waals surface area contributed by atoms with Crippen molar-refractivity contribution in [2.75, 3.05) is 40.1 Å². The van der Waals surface area contributed by atoms with Gasteiger partial charge in [-0.1, -0.05) is 363 Å². The summed E-state index contributed by atoms with van der Waals surface area (Å²) in [7, 11) is -1.93. The van der Waals surface area contributed by atoms with Crippen molar-refractivity contribution in [3.63, 3.8) is 0 Å². The van der Waals surface area contributed by atoms with Crippen molar-refractivity contribution in [1.82, 2.24) is 0 Å². The fourth-order valence-corrected chi connectivity index (χ4v) is 22.9. The number of carbonyl (C=O) groups is 4. The van der Waals surface area contributed by atoms with Crippen LogP contribution in [-0.2, 0) is 134 Å². The van der Waals surface area contributed by atoms with Gasteiger partial charge in [-0.25, -0.2) is 14.4 Å². The molecule has 0 aliphatic carbocycles. The number of esters is 4. The number of carbonyl (C=O) groups excluding carboxylic acids is 4. The fraction of sp³-hybridized carbons (Fsp3) is 0.391. The maximum Gasteiger partial charge on any atom is 0.338 e. The number of benzene rings is 11. The summed E-state index contributed by atoms with van der Waals surface area (Å²) in [4.78, 5) is 55.5. The van der Waals surface area contributed by atoms with E-state index >= 15 is 0 Å². The summed E-state index contributed by atoms with van der Waals surface area (Å²) in [5.74, 6) is -2.56. The molecule has 4 fully saturated rings. The Morgan fingerprint density at radius 1 is 0.291 bits per heavy atom. The van der Waals surface area contributed by atoms with Crippen LogP contribution < -0.4 is 10.4 Å². The molecule has 4 aliphatic rings. The van der Waals surface area contributed by atoms with E-state index in [1.165, 1.54) is 7.11 Å². The lowest BCUT2D eigenvalue weighted by molar-refractivity contribution is -0.365. The predicted octanol–water partition coefficient (Wildman–Crippen LogP) is 17.5. The molecule has 25 nitrogen and oxygen atoms in total. The highest BCUT2D eigenvalue weighted by Gasteiger charge is 2.59. The Morgan fingerprint density at radius 3 is 0.965 bits per heavy atom. The van der Waals surface area contributed by atoms with Gasteiger partial charge in [-0.05, 0) is 98.0 Å². The molecular formula is C115H130O25Si. The molecule has 19 atom stereocenters. The van der Waals surface area contributed by atoms with E-state index < -0.39 is 161 Å². The Bertz CT molecular complexity index is 5430. The summed E-state index contributed by atoms with van der Waals surface area (Å²) in [6, 6.07) is 103. The minimum absolute atomic E-state index is 0.00906. The first-order valence-corrected chi connectivity index (χ1v) is 50.9. The first kappa shape index (κ1) is 104. The minimum atomic E-state index is -3.34. The van der Waals surface area contributed by atoms with E-state index in [1.54, 1.807) is 91.0 Å². The fourth-order valence-electron chi connectivity index (χ4n) is 18.4. The maximum absolute atomic E-state index is 14.9. The van der Waals surface area contributed by atoms with Gasteiger partial charge in [-0.15, -0.1) is 0 Å². The zero-order valence-corrected chi connectivity index (χ0v) is 81.4. The van der Waals surface area contributed by atoms with Crippen molar-refractivity contribution in [3.05, 3.63) is 384 Å². The number of aliphatic hydroxyl groups excluding tert-OH is 2. The molecule has 4 saturated heterocycles. The summed E-state index contributed by atoms with van der Waals surface area (Å²) >= 11 is 0. The molecule has 11 aromatic rings. The summed E-state index contributed by atoms with van der Waals surface area (Å²) < 4.78 is 132. The monoisotopic (exact) mass is 1940 g/mol. The highest BCUT2D eigenvalue weighted by molar-refractivity contribution is 6.99. The van der Waals surface area contributed by atoms with Gasteiger partial charge in [0.05, 0.1) is 83.3 Å². The van der Waals surface area contributed by atoms with Crippen molar-refractivity contribution < 1.29 is 119 Å². The number of aliphatic hydroxyl groups is 2. The maximum atomic E-state index is 14.9. The van der Waals surface area contributed by atoms with Crippen LogP contribution in [0.4, 0.5) is 0 Å². The average molecular weight is 1940 g/mol. The van der Waals surface area contributed by atoms with Gasteiger partial charge >= 0.3 is 23.9 Å². The zero-order chi connectivity index (χ0) is 97.8. The molecule has 0 amide bonds. The van der Waals surface area contributed by atoms with Crippen LogP contribution >= 0.6 is 0 Å². The van der Waals surface area contributed by atoms with Crippen LogP contribution in [0.1, 0.15) is 149 Å². The Kier molecular flexibility index (Phi) is 39.7. The highest BCUT2D eigenvalue weighted by atomic mass is 28.4. The standard InChI is InChI=1S/C115H130O25Si/c1-115(2,3)141(90-65-41-21-42-66-90,91-67-43-22-44-68-91)133-80-95-100(125-72-82-49-25-13-26-50-82)104(128-75-85-55-31-16-32-56-85)98(118)112(135-95)131-78-92-99(124-71-81-47-23-12-24-48-81)103(127-74-84-53-29-15-30-54-84)97(117)111(134-92)132-79-93-101(126-73-83-51-27-14-28-52-83)105(129-76-86-57-33-17-34-58-86)107(113(136-93)123-70-46-11-9-7-5-6-8-10-45-69-96(116)122-4)140-114-106(139-110(121)89-63-39-20-40-64-89)102(138-109(120)88-61-37-19-38-62-88)94(137-114)77-130-108(119)87-59-35-18-36-60-87/h12-44,47-68,92-95,97-107,111-114,117-118H,5-11,45-46,69-80H2,1-4H3/t92-,93-,94+,95-,97-,98-,99+,100+,101+,102+,103-,104-,105+,106-,107-,111-,112-,113-,114+/m1/s1. The van der Waals surface area contributed by atoms with Crippen LogP contribution in [0, 0.1) is 0 Å². The molecule has 744 valence electrons. The van der Waals surface area contributed by atoms with Crippen molar-refractivity contribution in [3.8, 4) is 0 Å². The van der Waals surface area contributed by atoms with Gasteiger partial charge in [0, 0.05) is 13.0 Å². The summed E-state index contributed by atoms with van der Waals surface area (Å²) in [5, 5.41) is 28.5. The Balaban J connectivity index is 0.794. The molecule has 2 N–H and O–H groups in total. The highest BCUT2D eigenvalue weighted by Crippen LogP contribution is 2.42. The molecule has 141 heavy (non-hydrogen) atoms. The number of ether oxygens (including phenoxy) is 18. The first-order chi connectivity index (χ1) is 69.0. The van der Waals surface area contributed by atoms with Gasteiger partial charge < -0.3 is 99.9 Å². The number of methoxy groups -OCH3 is 1. The van der Waals surface area contributed by atoms with Gasteiger partial charge in [0.25, 0.3) is 8.32 Å². The van der Waals surface area contributed by atoms with E-state index in [-0.39, 0.29) is 82.1 Å². The van der Waals surface area contributed by atoms with Gasteiger partial charge in [0.2, 0.25) is 0 Å². The van der Waals surface area contributed by atoms with E-state index in [4.69, 9.17) is 89.7 Å². The largest absolute Gasteiger partial charge is 0.469 e. The van der Waals surface area contributed by atoms with Crippen molar-refractivity contribution in [1.29, 1.82) is 0 Å². The zero-order valence-electron chi connectivity index (χ0n) is 80.4. The van der Waals surface area contributed by atoms with Crippen LogP contribution in [0.3, 0.4) is 0 Å². The van der Waals surface area contributed by atoms with Crippen LogP contribution in [0.2, 0.25) is 5.04 Å². The third-order valence-electron chi connectivity index (χ3n) is 25.7. The van der Waals surface area contributed by atoms with Crippen molar-refractivity contribution in [2.24, 2.45) is 0 Å². The predicted molar refractivity (Wildman–Crippen MR) is 529 cm³/mol. The normalized spacial score (nSPS) is 24.1. The number of hydrogen-bond donors (Lipinski definition) is 2.